The molecule has 27 heavy (non-hydrogen) atoms. The number of amides is 1. The Labute approximate surface area is 161 Å². The lowest BCUT2D eigenvalue weighted by atomic mass is 9.86. The maximum absolute atomic E-state index is 12.8. The molecule has 0 saturated carbocycles. The van der Waals surface area contributed by atoms with Gasteiger partial charge in [-0.2, -0.15) is 4.74 Å². The summed E-state index contributed by atoms with van der Waals surface area (Å²) in [4.78, 5) is 16.9. The van der Waals surface area contributed by atoms with Gasteiger partial charge >= 0.3 is 0 Å². The zero-order valence-corrected chi connectivity index (χ0v) is 16.3. The molecule has 1 saturated heterocycles. The fraction of sp³-hybridized carbons (Fsp3) is 0.364. The van der Waals surface area contributed by atoms with Gasteiger partial charge in [-0.15, -0.1) is 0 Å². The Morgan fingerprint density at radius 3 is 2.00 bits per heavy atom. The van der Waals surface area contributed by atoms with Crippen LogP contribution >= 0.6 is 0 Å². The molecule has 1 amide bonds. The molecule has 0 N–H and O–H groups in total. The summed E-state index contributed by atoms with van der Waals surface area (Å²) in [7, 11) is 0. The molecule has 0 aromatic heterocycles. The maximum Gasteiger partial charge on any atom is 0.253 e. The lowest BCUT2D eigenvalue weighted by Gasteiger charge is -2.36. The highest BCUT2D eigenvalue weighted by molar-refractivity contribution is 5.94. The number of piperazine rings is 1. The first-order valence-electron chi connectivity index (χ1n) is 9.28. The van der Waals surface area contributed by atoms with E-state index in [2.05, 4.69) is 32.4 Å². The van der Waals surface area contributed by atoms with E-state index in [4.69, 9.17) is 0 Å². The van der Waals surface area contributed by atoms with Gasteiger partial charge < -0.3 is 15.0 Å². The molecule has 2 aromatic carbocycles. The number of hydrogen-bond donors (Lipinski definition) is 0. The van der Waals surface area contributed by atoms with E-state index in [0.29, 0.717) is 23.5 Å². The first-order valence-corrected chi connectivity index (χ1v) is 9.28. The molecule has 0 spiro atoms. The van der Waals surface area contributed by atoms with Crippen molar-refractivity contribution < 1.29 is 9.53 Å². The van der Waals surface area contributed by atoms with Crippen molar-refractivity contribution in [3.8, 4) is 0 Å². The molecule has 2 aromatic rings. The summed E-state index contributed by atoms with van der Waals surface area (Å²) in [5.41, 5.74) is 3.64. The average molecular weight is 365 g/mol. The van der Waals surface area contributed by atoms with Crippen LogP contribution in [0.1, 0.15) is 36.7 Å². The molecule has 5 heteroatoms. The number of rotatable bonds is 3. The van der Waals surface area contributed by atoms with Crippen LogP contribution in [0.2, 0.25) is 0 Å². The number of carbonyl (C=O) groups is 1. The Hall–Kier alpha value is -2.82. The fourth-order valence-electron chi connectivity index (χ4n) is 3.29. The number of nitrogens with zero attached hydrogens (tertiary/aromatic N) is 3. The third-order valence-electron chi connectivity index (χ3n) is 5.07. The highest BCUT2D eigenvalue weighted by Gasteiger charge is 2.23. The van der Waals surface area contributed by atoms with Gasteiger partial charge in [0.1, 0.15) is 6.72 Å². The normalized spacial score (nSPS) is 14.9. The van der Waals surface area contributed by atoms with Crippen molar-refractivity contribution in [3.05, 3.63) is 64.9 Å². The number of carbonyl (C=O) groups excluding carboxylic acids is 1. The van der Waals surface area contributed by atoms with Crippen LogP contribution in [-0.2, 0) is 5.41 Å². The molecule has 3 rings (SSSR count). The SMILES string of the molecule is C=[N+]([O-])c1ccc(N2CCN(C(=O)c3ccc(C(C)(C)C)cc3)CC2)cc1. The van der Waals surface area contributed by atoms with Gasteiger partial charge in [-0.25, -0.2) is 0 Å². The summed E-state index contributed by atoms with van der Waals surface area (Å²) in [6.07, 6.45) is 0. The fourth-order valence-corrected chi connectivity index (χ4v) is 3.29. The molecular weight excluding hydrogens is 338 g/mol. The second kappa shape index (κ2) is 7.43. The third-order valence-corrected chi connectivity index (χ3v) is 5.07. The van der Waals surface area contributed by atoms with Crippen molar-refractivity contribution in [1.29, 1.82) is 0 Å². The maximum atomic E-state index is 12.8. The van der Waals surface area contributed by atoms with Crippen molar-refractivity contribution in [1.82, 2.24) is 4.90 Å². The van der Waals surface area contributed by atoms with Crippen molar-refractivity contribution in [2.24, 2.45) is 0 Å². The van der Waals surface area contributed by atoms with E-state index in [1.54, 1.807) is 12.1 Å². The molecule has 1 fully saturated rings. The highest BCUT2D eigenvalue weighted by Crippen LogP contribution is 2.24. The van der Waals surface area contributed by atoms with Gasteiger partial charge in [0.15, 0.2) is 0 Å². The smallest absolute Gasteiger partial charge is 0.253 e. The zero-order chi connectivity index (χ0) is 19.6. The first-order chi connectivity index (χ1) is 12.8. The van der Waals surface area contributed by atoms with Crippen LogP contribution in [0.3, 0.4) is 0 Å². The Morgan fingerprint density at radius 1 is 0.963 bits per heavy atom. The molecule has 1 aliphatic rings. The van der Waals surface area contributed by atoms with Crippen LogP contribution in [0, 0.1) is 5.21 Å². The molecule has 1 aliphatic heterocycles. The van der Waals surface area contributed by atoms with Crippen LogP contribution in [0.25, 0.3) is 0 Å². The Kier molecular flexibility index (Phi) is 5.22. The van der Waals surface area contributed by atoms with E-state index in [0.717, 1.165) is 24.3 Å². The van der Waals surface area contributed by atoms with E-state index < -0.39 is 0 Å². The van der Waals surface area contributed by atoms with Gasteiger partial charge in [-0.3, -0.25) is 4.79 Å². The minimum absolute atomic E-state index is 0.0830. The summed E-state index contributed by atoms with van der Waals surface area (Å²) in [5.74, 6) is 0.0875. The van der Waals surface area contributed by atoms with Gasteiger partial charge in [0, 0.05) is 49.6 Å². The summed E-state index contributed by atoms with van der Waals surface area (Å²) in [6.45, 7) is 12.8. The van der Waals surface area contributed by atoms with Crippen LogP contribution in [0.5, 0.6) is 0 Å². The molecule has 1 heterocycles. The Morgan fingerprint density at radius 2 is 1.52 bits per heavy atom. The van der Waals surface area contributed by atoms with Gasteiger partial charge in [-0.05, 0) is 35.2 Å². The summed E-state index contributed by atoms with van der Waals surface area (Å²) in [5, 5.41) is 11.2. The Bertz CT molecular complexity index is 812. The van der Waals surface area contributed by atoms with Crippen molar-refractivity contribution >= 4 is 24.0 Å². The monoisotopic (exact) mass is 365 g/mol. The molecule has 0 aliphatic carbocycles. The molecule has 0 unspecified atom stereocenters. The number of benzene rings is 2. The number of anilines is 1. The van der Waals surface area contributed by atoms with Gasteiger partial charge in [0.05, 0.1) is 0 Å². The van der Waals surface area contributed by atoms with Crippen molar-refractivity contribution in [2.75, 3.05) is 31.1 Å². The summed E-state index contributed by atoms with van der Waals surface area (Å²) < 4.78 is 0.602. The predicted molar refractivity (Wildman–Crippen MR) is 110 cm³/mol. The minimum Gasteiger partial charge on any atom is -0.619 e. The van der Waals surface area contributed by atoms with Gasteiger partial charge in [0.25, 0.3) is 5.91 Å². The van der Waals surface area contributed by atoms with E-state index in [1.165, 1.54) is 5.56 Å². The number of hydrogen-bond acceptors (Lipinski definition) is 3. The van der Waals surface area contributed by atoms with Crippen LogP contribution < -0.4 is 4.90 Å². The molecule has 0 radical (unpaired) electrons. The molecule has 0 atom stereocenters. The second-order valence-electron chi connectivity index (χ2n) is 8.00. The first kappa shape index (κ1) is 19.0. The summed E-state index contributed by atoms with van der Waals surface area (Å²) in [6, 6.07) is 15.3. The highest BCUT2D eigenvalue weighted by atomic mass is 16.5. The zero-order valence-electron chi connectivity index (χ0n) is 16.3. The molecular formula is C22H27N3O2. The van der Waals surface area contributed by atoms with Crippen LogP contribution in [0.15, 0.2) is 48.5 Å². The largest absolute Gasteiger partial charge is 0.619 e. The predicted octanol–water partition coefficient (Wildman–Crippen LogP) is 3.79. The van der Waals surface area contributed by atoms with Gasteiger partial charge in [0.2, 0.25) is 5.69 Å². The minimum atomic E-state index is 0.0830. The topological polar surface area (TPSA) is 49.6 Å². The third kappa shape index (κ3) is 4.30. The van der Waals surface area contributed by atoms with E-state index in [9.17, 15) is 10.0 Å². The van der Waals surface area contributed by atoms with Crippen LogP contribution in [-0.4, -0.2) is 48.4 Å². The quantitative estimate of drug-likeness (QED) is 0.360. The summed E-state index contributed by atoms with van der Waals surface area (Å²) >= 11 is 0. The lowest BCUT2D eigenvalue weighted by molar-refractivity contribution is -0.349. The van der Waals surface area contributed by atoms with Gasteiger partial charge in [-0.1, -0.05) is 32.9 Å². The standard InChI is InChI=1S/C22H27N3O2/c1-22(2,3)18-7-5-17(6-8-18)21(26)25-15-13-24(14-16-25)20-11-9-19(10-12-20)23(4)27/h5-12H,4,13-16H2,1-3H3. The molecule has 142 valence electrons. The Balaban J connectivity index is 1.61. The molecule has 5 nitrogen and oxygen atoms in total. The second-order valence-corrected chi connectivity index (χ2v) is 8.00. The van der Waals surface area contributed by atoms with E-state index in [1.807, 2.05) is 41.3 Å². The van der Waals surface area contributed by atoms with E-state index in [-0.39, 0.29) is 11.3 Å². The molecule has 0 bridgehead atoms. The lowest BCUT2D eigenvalue weighted by Crippen LogP contribution is -2.48. The van der Waals surface area contributed by atoms with E-state index >= 15 is 0 Å². The van der Waals surface area contributed by atoms with Crippen molar-refractivity contribution in [2.45, 2.75) is 26.2 Å². The van der Waals surface area contributed by atoms with Crippen molar-refractivity contribution in [3.63, 3.8) is 0 Å². The van der Waals surface area contributed by atoms with Crippen LogP contribution in [0.4, 0.5) is 11.4 Å². The average Bonchev–Trinajstić information content (AvgIpc) is 2.67.